The number of rotatable bonds is 4. The molecule has 0 aliphatic rings. The van der Waals surface area contributed by atoms with Crippen LogP contribution in [0.1, 0.15) is 11.3 Å². The van der Waals surface area contributed by atoms with E-state index < -0.39 is 14.9 Å². The van der Waals surface area contributed by atoms with E-state index in [9.17, 15) is 18.5 Å². The number of nitro groups is 1. The normalized spacial score (nSPS) is 11.4. The first-order chi connectivity index (χ1) is 9.70. The molecular weight excluding hydrogens is 296 g/mol. The first kappa shape index (κ1) is 15.0. The van der Waals surface area contributed by atoms with Crippen molar-refractivity contribution >= 4 is 21.4 Å². The van der Waals surface area contributed by atoms with E-state index in [1.807, 2.05) is 0 Å². The Labute approximate surface area is 121 Å². The van der Waals surface area contributed by atoms with Gasteiger partial charge in [-0.25, -0.2) is 8.42 Å². The average Bonchev–Trinajstić information content (AvgIpc) is 2.71. The Morgan fingerprint density at radius 2 is 2.00 bits per heavy atom. The molecule has 0 atom stereocenters. The molecule has 1 heterocycles. The summed E-state index contributed by atoms with van der Waals surface area (Å²) in [5.74, 6) is 0. The third kappa shape index (κ3) is 3.02. The Bertz CT molecular complexity index is 811. The van der Waals surface area contributed by atoms with Crippen molar-refractivity contribution in [2.24, 2.45) is 7.05 Å². The van der Waals surface area contributed by atoms with Crippen molar-refractivity contribution in [2.75, 3.05) is 4.72 Å². The molecular formula is C12H14N4O4S. The molecule has 2 rings (SSSR count). The first-order valence-corrected chi connectivity index (χ1v) is 7.47. The maximum atomic E-state index is 12.3. The lowest BCUT2D eigenvalue weighted by atomic mass is 10.2. The highest BCUT2D eigenvalue weighted by atomic mass is 32.2. The topological polar surface area (TPSA) is 107 Å². The fourth-order valence-corrected chi connectivity index (χ4v) is 3.22. The largest absolute Gasteiger partial charge is 0.279 e. The van der Waals surface area contributed by atoms with Gasteiger partial charge in [0.15, 0.2) is 0 Å². The van der Waals surface area contributed by atoms with Crippen LogP contribution >= 0.6 is 0 Å². The van der Waals surface area contributed by atoms with Gasteiger partial charge in [0.1, 0.15) is 4.90 Å². The summed E-state index contributed by atoms with van der Waals surface area (Å²) in [5.41, 5.74) is 0.937. The lowest BCUT2D eigenvalue weighted by Crippen LogP contribution is -2.14. The Balaban J connectivity index is 2.43. The minimum absolute atomic E-state index is 0.0379. The van der Waals surface area contributed by atoms with E-state index in [0.29, 0.717) is 11.3 Å². The first-order valence-electron chi connectivity index (χ1n) is 5.99. The highest BCUT2D eigenvalue weighted by Crippen LogP contribution is 2.25. The van der Waals surface area contributed by atoms with Gasteiger partial charge in [0.2, 0.25) is 0 Å². The van der Waals surface area contributed by atoms with Crippen molar-refractivity contribution in [3.05, 3.63) is 45.8 Å². The quantitative estimate of drug-likeness (QED) is 0.683. The van der Waals surface area contributed by atoms with E-state index in [-0.39, 0.29) is 16.3 Å². The zero-order valence-corrected chi connectivity index (χ0v) is 12.5. The maximum Gasteiger partial charge on any atom is 0.271 e. The second kappa shape index (κ2) is 5.17. The zero-order chi connectivity index (χ0) is 15.8. The highest BCUT2D eigenvalue weighted by Gasteiger charge is 2.21. The molecule has 8 nitrogen and oxygen atoms in total. The second-order valence-electron chi connectivity index (χ2n) is 4.61. The Morgan fingerprint density at radius 1 is 1.33 bits per heavy atom. The van der Waals surface area contributed by atoms with E-state index >= 15 is 0 Å². The highest BCUT2D eigenvalue weighted by molar-refractivity contribution is 7.92. The predicted molar refractivity (Wildman–Crippen MR) is 76.6 cm³/mol. The summed E-state index contributed by atoms with van der Waals surface area (Å²) in [5, 5.41) is 14.7. The predicted octanol–water partition coefficient (Wildman–Crippen LogP) is 1.75. The van der Waals surface area contributed by atoms with E-state index in [1.54, 1.807) is 20.9 Å². The number of sulfonamides is 1. The maximum absolute atomic E-state index is 12.3. The molecule has 0 saturated carbocycles. The van der Waals surface area contributed by atoms with Gasteiger partial charge in [0.25, 0.3) is 15.7 Å². The number of anilines is 1. The van der Waals surface area contributed by atoms with Gasteiger partial charge in [-0.2, -0.15) is 5.10 Å². The minimum Gasteiger partial charge on any atom is -0.279 e. The molecule has 1 N–H and O–H groups in total. The second-order valence-corrected chi connectivity index (χ2v) is 6.27. The molecule has 21 heavy (non-hydrogen) atoms. The summed E-state index contributed by atoms with van der Waals surface area (Å²) >= 11 is 0. The van der Waals surface area contributed by atoms with Crippen LogP contribution < -0.4 is 4.72 Å². The van der Waals surface area contributed by atoms with Gasteiger partial charge in [0.05, 0.1) is 16.3 Å². The van der Waals surface area contributed by atoms with Crippen LogP contribution in [0.3, 0.4) is 0 Å². The summed E-state index contributed by atoms with van der Waals surface area (Å²) < 4.78 is 28.4. The molecule has 0 bridgehead atoms. The monoisotopic (exact) mass is 310 g/mol. The van der Waals surface area contributed by atoms with E-state index in [0.717, 1.165) is 0 Å². The summed E-state index contributed by atoms with van der Waals surface area (Å²) in [6, 6.07) is 4.01. The third-order valence-corrected chi connectivity index (χ3v) is 4.40. The number of hydrogen-bond acceptors (Lipinski definition) is 5. The van der Waals surface area contributed by atoms with Gasteiger partial charge in [-0.1, -0.05) is 6.07 Å². The fourth-order valence-electron chi connectivity index (χ4n) is 1.87. The summed E-state index contributed by atoms with van der Waals surface area (Å²) in [7, 11) is -2.23. The number of hydrogen-bond donors (Lipinski definition) is 1. The molecule has 0 aliphatic carbocycles. The van der Waals surface area contributed by atoms with Crippen LogP contribution in [-0.2, 0) is 17.1 Å². The Hall–Kier alpha value is -2.42. The minimum atomic E-state index is -3.84. The van der Waals surface area contributed by atoms with Gasteiger partial charge in [0, 0.05) is 25.4 Å². The van der Waals surface area contributed by atoms with Crippen molar-refractivity contribution in [3.8, 4) is 0 Å². The molecule has 2 aromatic rings. The van der Waals surface area contributed by atoms with Crippen LogP contribution in [0.2, 0.25) is 0 Å². The zero-order valence-electron chi connectivity index (χ0n) is 11.7. The summed E-state index contributed by atoms with van der Waals surface area (Å²) in [4.78, 5) is 10.2. The molecule has 0 amide bonds. The standard InChI is InChI=1S/C12H14N4O4S/c1-8-4-5-10(16(17)18)6-11(8)14-21(19,20)12-7-15(3)13-9(12)2/h4-7,14H,1-3H3. The van der Waals surface area contributed by atoms with E-state index in [4.69, 9.17) is 0 Å². The smallest absolute Gasteiger partial charge is 0.271 e. The molecule has 0 fully saturated rings. The van der Waals surface area contributed by atoms with Crippen LogP contribution in [0.4, 0.5) is 11.4 Å². The van der Waals surface area contributed by atoms with Crippen molar-refractivity contribution < 1.29 is 13.3 Å². The molecule has 1 aromatic heterocycles. The fraction of sp³-hybridized carbons (Fsp3) is 0.250. The van der Waals surface area contributed by atoms with Gasteiger partial charge in [-0.05, 0) is 19.4 Å². The number of nitrogens with one attached hydrogen (secondary N) is 1. The van der Waals surface area contributed by atoms with Gasteiger partial charge in [-0.15, -0.1) is 0 Å². The van der Waals surface area contributed by atoms with Crippen LogP contribution in [0, 0.1) is 24.0 Å². The number of aromatic nitrogens is 2. The Morgan fingerprint density at radius 3 is 2.52 bits per heavy atom. The summed E-state index contributed by atoms with van der Waals surface area (Å²) in [6.07, 6.45) is 1.38. The number of nitro benzene ring substituents is 1. The molecule has 0 aliphatic heterocycles. The van der Waals surface area contributed by atoms with Crippen molar-refractivity contribution in [1.82, 2.24) is 9.78 Å². The molecule has 0 radical (unpaired) electrons. The molecule has 0 unspecified atom stereocenters. The number of aryl methyl sites for hydroxylation is 3. The third-order valence-electron chi connectivity index (χ3n) is 2.93. The molecule has 112 valence electrons. The summed E-state index contributed by atoms with van der Waals surface area (Å²) in [6.45, 7) is 3.24. The number of nitrogens with zero attached hydrogens (tertiary/aromatic N) is 3. The van der Waals surface area contributed by atoms with E-state index in [1.165, 1.54) is 29.1 Å². The van der Waals surface area contributed by atoms with E-state index in [2.05, 4.69) is 9.82 Å². The van der Waals surface area contributed by atoms with Gasteiger partial charge >= 0.3 is 0 Å². The lowest BCUT2D eigenvalue weighted by Gasteiger charge is -2.09. The number of non-ortho nitro benzene ring substituents is 1. The molecule has 0 saturated heterocycles. The number of benzene rings is 1. The van der Waals surface area contributed by atoms with Crippen molar-refractivity contribution in [3.63, 3.8) is 0 Å². The lowest BCUT2D eigenvalue weighted by molar-refractivity contribution is -0.384. The molecule has 1 aromatic carbocycles. The van der Waals surface area contributed by atoms with Crippen LogP contribution in [0.25, 0.3) is 0 Å². The molecule has 0 spiro atoms. The molecule has 9 heteroatoms. The SMILES string of the molecule is Cc1ccc([N+](=O)[O-])cc1NS(=O)(=O)c1cn(C)nc1C. The van der Waals surface area contributed by atoms with Gasteiger partial charge in [-0.3, -0.25) is 19.5 Å². The average molecular weight is 310 g/mol. The Kier molecular flexibility index (Phi) is 3.69. The van der Waals surface area contributed by atoms with Crippen molar-refractivity contribution in [2.45, 2.75) is 18.7 Å². The van der Waals surface area contributed by atoms with Gasteiger partial charge < -0.3 is 0 Å². The van der Waals surface area contributed by atoms with Crippen LogP contribution in [0.15, 0.2) is 29.3 Å². The van der Waals surface area contributed by atoms with Crippen LogP contribution in [-0.4, -0.2) is 23.1 Å². The van der Waals surface area contributed by atoms with Crippen LogP contribution in [0.5, 0.6) is 0 Å². The van der Waals surface area contributed by atoms with Crippen molar-refractivity contribution in [1.29, 1.82) is 0 Å².